The highest BCUT2D eigenvalue weighted by Crippen LogP contribution is 2.17. The summed E-state index contributed by atoms with van der Waals surface area (Å²) in [6.07, 6.45) is 1.52. The summed E-state index contributed by atoms with van der Waals surface area (Å²) < 4.78 is 38.3. The first-order valence-corrected chi connectivity index (χ1v) is 5.52. The summed E-state index contributed by atoms with van der Waals surface area (Å²) in [6.45, 7) is -0.261. The van der Waals surface area contributed by atoms with E-state index in [2.05, 4.69) is 0 Å². The van der Waals surface area contributed by atoms with Crippen LogP contribution in [0.5, 0.6) is 11.6 Å². The highest BCUT2D eigenvalue weighted by molar-refractivity contribution is 5.23. The third kappa shape index (κ3) is 2.90. The topological polar surface area (TPSA) is 48.4 Å². The first kappa shape index (κ1) is 13.1. The van der Waals surface area contributed by atoms with Crippen LogP contribution >= 0.6 is 0 Å². The fourth-order valence-electron chi connectivity index (χ4n) is 1.53. The van der Waals surface area contributed by atoms with Gasteiger partial charge in [0.2, 0.25) is 6.20 Å². The van der Waals surface area contributed by atoms with Gasteiger partial charge in [-0.15, -0.1) is 0 Å². The zero-order chi connectivity index (χ0) is 13.8. The first-order valence-electron chi connectivity index (χ1n) is 5.52. The smallest absolute Gasteiger partial charge is 0.400 e. The van der Waals surface area contributed by atoms with Gasteiger partial charge in [0.25, 0.3) is 0 Å². The summed E-state index contributed by atoms with van der Waals surface area (Å²) in [7, 11) is 1.50. The quantitative estimate of drug-likeness (QED) is 0.675. The summed E-state index contributed by atoms with van der Waals surface area (Å²) in [5.74, 6) is 5.08. The fraction of sp³-hybridized carbons (Fsp3) is 0.154. The van der Waals surface area contributed by atoms with E-state index < -0.39 is 11.6 Å². The Bertz CT molecular complexity index is 571. The Balaban J connectivity index is 2.19. The number of rotatable bonds is 4. The molecule has 19 heavy (non-hydrogen) atoms. The molecule has 0 radical (unpaired) electrons. The van der Waals surface area contributed by atoms with Crippen molar-refractivity contribution >= 4 is 0 Å². The van der Waals surface area contributed by atoms with Gasteiger partial charge < -0.3 is 9.47 Å². The van der Waals surface area contributed by atoms with E-state index in [1.165, 1.54) is 42.2 Å². The highest BCUT2D eigenvalue weighted by Gasteiger charge is 2.15. The molecule has 2 N–H and O–H groups in total. The fourth-order valence-corrected chi connectivity index (χ4v) is 1.53. The number of aromatic nitrogens is 1. The van der Waals surface area contributed by atoms with Crippen molar-refractivity contribution < 1.29 is 22.9 Å². The Morgan fingerprint density at radius 3 is 2.53 bits per heavy atom. The number of nitrogen functional groups attached to an aromatic ring is 1. The molecular weight excluding hydrogens is 254 g/mol. The number of hydrogen-bond donors (Lipinski definition) is 1. The van der Waals surface area contributed by atoms with E-state index in [4.69, 9.17) is 15.3 Å². The van der Waals surface area contributed by atoms with Gasteiger partial charge in [-0.1, -0.05) is 10.7 Å². The van der Waals surface area contributed by atoms with Gasteiger partial charge in [0, 0.05) is 6.07 Å². The van der Waals surface area contributed by atoms with E-state index in [0.717, 1.165) is 0 Å². The Kier molecular flexibility index (Phi) is 3.79. The molecule has 6 heteroatoms. The standard InChI is InChI=1S/C13H13F2N2O2/c1-18-9-5-6-17(16)13(7-9)19-8-10-11(14)3-2-4-12(10)15/h2-7H,8,16H2,1H3/q+1. The number of ether oxygens (including phenoxy) is 2. The van der Waals surface area contributed by atoms with E-state index >= 15 is 0 Å². The molecule has 1 aromatic heterocycles. The number of halogens is 2. The van der Waals surface area contributed by atoms with Crippen molar-refractivity contribution in [3.05, 3.63) is 53.7 Å². The molecule has 0 aliphatic heterocycles. The maximum atomic E-state index is 13.4. The van der Waals surface area contributed by atoms with Crippen molar-refractivity contribution in [2.75, 3.05) is 13.0 Å². The molecule has 1 aromatic carbocycles. The van der Waals surface area contributed by atoms with Gasteiger partial charge in [0.15, 0.2) is 0 Å². The van der Waals surface area contributed by atoms with Crippen molar-refractivity contribution in [1.82, 2.24) is 0 Å². The van der Waals surface area contributed by atoms with Crippen LogP contribution in [0.4, 0.5) is 8.78 Å². The SMILES string of the molecule is COc1cc[n+](N)c(OCc2c(F)cccc2F)c1. The zero-order valence-corrected chi connectivity index (χ0v) is 10.3. The lowest BCUT2D eigenvalue weighted by Crippen LogP contribution is -2.45. The van der Waals surface area contributed by atoms with Crippen LogP contribution in [0, 0.1) is 11.6 Å². The van der Waals surface area contributed by atoms with Gasteiger partial charge >= 0.3 is 5.88 Å². The molecule has 0 saturated carbocycles. The van der Waals surface area contributed by atoms with Crippen LogP contribution in [0.2, 0.25) is 0 Å². The minimum Gasteiger partial charge on any atom is -0.496 e. The maximum Gasteiger partial charge on any atom is 0.400 e. The van der Waals surface area contributed by atoms with Crippen molar-refractivity contribution in [3.63, 3.8) is 0 Å². The van der Waals surface area contributed by atoms with Gasteiger partial charge in [-0.25, -0.2) is 14.6 Å². The van der Waals surface area contributed by atoms with Crippen molar-refractivity contribution in [2.45, 2.75) is 6.61 Å². The van der Waals surface area contributed by atoms with Crippen LogP contribution in [0.1, 0.15) is 5.56 Å². The number of nitrogens with two attached hydrogens (primary N) is 1. The summed E-state index contributed by atoms with van der Waals surface area (Å²) in [6, 6.07) is 6.80. The molecule has 0 aliphatic rings. The Hall–Kier alpha value is -2.37. The average Bonchev–Trinajstić information content (AvgIpc) is 2.40. The molecular formula is C13H13F2N2O2+. The molecule has 0 spiro atoms. The van der Waals surface area contributed by atoms with Crippen molar-refractivity contribution in [3.8, 4) is 11.6 Å². The number of methoxy groups -OCH3 is 1. The third-order valence-electron chi connectivity index (χ3n) is 2.58. The van der Waals surface area contributed by atoms with E-state index in [1.807, 2.05) is 0 Å². The first-order chi connectivity index (χ1) is 9.11. The summed E-state index contributed by atoms with van der Waals surface area (Å²) in [5.41, 5.74) is -0.148. The highest BCUT2D eigenvalue weighted by atomic mass is 19.1. The molecule has 0 aliphatic carbocycles. The van der Waals surface area contributed by atoms with E-state index in [0.29, 0.717) is 5.75 Å². The van der Waals surface area contributed by atoms with Gasteiger partial charge in [0.1, 0.15) is 24.0 Å². The summed E-state index contributed by atoms with van der Waals surface area (Å²) in [5, 5.41) is 0. The van der Waals surface area contributed by atoms with E-state index in [9.17, 15) is 8.78 Å². The second-order valence-corrected chi connectivity index (χ2v) is 3.80. The molecule has 0 bridgehead atoms. The number of hydrogen-bond acceptors (Lipinski definition) is 3. The van der Waals surface area contributed by atoms with Gasteiger partial charge in [-0.2, -0.15) is 0 Å². The lowest BCUT2D eigenvalue weighted by molar-refractivity contribution is -0.645. The normalized spacial score (nSPS) is 10.3. The minimum absolute atomic E-state index is 0.148. The largest absolute Gasteiger partial charge is 0.496 e. The van der Waals surface area contributed by atoms with E-state index in [-0.39, 0.29) is 18.1 Å². The third-order valence-corrected chi connectivity index (χ3v) is 2.58. The van der Waals surface area contributed by atoms with Crippen LogP contribution in [0.25, 0.3) is 0 Å². The number of benzene rings is 1. The molecule has 100 valence electrons. The second kappa shape index (κ2) is 5.51. The van der Waals surface area contributed by atoms with Gasteiger partial charge in [-0.3, -0.25) is 0 Å². The average molecular weight is 267 g/mol. The van der Waals surface area contributed by atoms with Gasteiger partial charge in [0.05, 0.1) is 18.7 Å². The van der Waals surface area contributed by atoms with Crippen LogP contribution in [-0.2, 0) is 6.61 Å². The maximum absolute atomic E-state index is 13.4. The predicted molar refractivity (Wildman–Crippen MR) is 64.0 cm³/mol. The lowest BCUT2D eigenvalue weighted by Gasteiger charge is -2.06. The molecule has 2 rings (SSSR count). The monoisotopic (exact) mass is 267 g/mol. The van der Waals surface area contributed by atoms with Gasteiger partial charge in [-0.05, 0) is 12.1 Å². The summed E-state index contributed by atoms with van der Waals surface area (Å²) >= 11 is 0. The zero-order valence-electron chi connectivity index (χ0n) is 10.3. The lowest BCUT2D eigenvalue weighted by atomic mass is 10.2. The molecule has 0 saturated heterocycles. The van der Waals surface area contributed by atoms with Crippen molar-refractivity contribution in [2.24, 2.45) is 0 Å². The molecule has 4 nitrogen and oxygen atoms in total. The Morgan fingerprint density at radius 1 is 1.21 bits per heavy atom. The van der Waals surface area contributed by atoms with Crippen molar-refractivity contribution in [1.29, 1.82) is 0 Å². The van der Waals surface area contributed by atoms with E-state index in [1.54, 1.807) is 6.07 Å². The Morgan fingerprint density at radius 2 is 1.89 bits per heavy atom. The Labute approximate surface area is 109 Å². The van der Waals surface area contributed by atoms with Crippen LogP contribution in [-0.4, -0.2) is 7.11 Å². The molecule has 1 heterocycles. The molecule has 2 aromatic rings. The van der Waals surface area contributed by atoms with Crippen LogP contribution in [0.15, 0.2) is 36.5 Å². The summed E-state index contributed by atoms with van der Waals surface area (Å²) in [4.78, 5) is 0. The van der Waals surface area contributed by atoms with Crippen LogP contribution < -0.4 is 20.0 Å². The molecule has 0 unspecified atom stereocenters. The molecule has 0 atom stereocenters. The van der Waals surface area contributed by atoms with Crippen LogP contribution in [0.3, 0.4) is 0 Å². The molecule has 0 fully saturated rings. The number of pyridine rings is 1. The minimum atomic E-state index is -0.661. The second-order valence-electron chi connectivity index (χ2n) is 3.80. The molecule has 0 amide bonds. The predicted octanol–water partition coefficient (Wildman–Crippen LogP) is 1.55. The number of nitrogens with zero attached hydrogens (tertiary/aromatic N) is 1.